The molecule has 2 aliphatic heterocycles. The summed E-state index contributed by atoms with van der Waals surface area (Å²) >= 11 is 0. The highest BCUT2D eigenvalue weighted by molar-refractivity contribution is 7.45. The van der Waals surface area contributed by atoms with E-state index in [-0.39, 0.29) is 18.7 Å². The molecule has 0 radical (unpaired) electrons. The number of aromatic nitrogens is 3. The first-order valence-corrected chi connectivity index (χ1v) is 16.4. The van der Waals surface area contributed by atoms with Gasteiger partial charge in [0.1, 0.15) is 11.6 Å². The summed E-state index contributed by atoms with van der Waals surface area (Å²) in [6.07, 6.45) is 0. The second-order valence-corrected chi connectivity index (χ2v) is 11.9. The summed E-state index contributed by atoms with van der Waals surface area (Å²) in [7, 11) is -7.68. The lowest BCUT2D eigenvalue weighted by Gasteiger charge is -2.37. The van der Waals surface area contributed by atoms with Gasteiger partial charge in [0, 0.05) is 24.2 Å². The summed E-state index contributed by atoms with van der Waals surface area (Å²) in [5, 5.41) is 10.7. The van der Waals surface area contributed by atoms with Gasteiger partial charge in [-0.2, -0.15) is 9.97 Å². The lowest BCUT2D eigenvalue weighted by molar-refractivity contribution is 0.0973. The third-order valence-electron chi connectivity index (χ3n) is 6.54. The van der Waals surface area contributed by atoms with Crippen molar-refractivity contribution in [2.75, 3.05) is 56.4 Å². The van der Waals surface area contributed by atoms with Crippen LogP contribution in [0.15, 0.2) is 30.3 Å². The lowest BCUT2D eigenvalue weighted by Crippen LogP contribution is -2.46. The minimum absolute atomic E-state index is 0.106. The Bertz CT molecular complexity index is 1470. The largest absolute Gasteiger partial charge is 0.496 e. The van der Waals surface area contributed by atoms with Crippen LogP contribution in [0.3, 0.4) is 0 Å². The van der Waals surface area contributed by atoms with E-state index in [1.165, 1.54) is 0 Å². The minimum atomic E-state index is -4.64. The lowest BCUT2D eigenvalue weighted by atomic mass is 10.1. The number of nitrogens with zero attached hydrogens (tertiary/aromatic N) is 5. The number of anilines is 2. The van der Waals surface area contributed by atoms with Crippen LogP contribution in [0.4, 0.5) is 11.8 Å². The zero-order valence-corrected chi connectivity index (χ0v) is 26.1. The molecule has 2 saturated heterocycles. The maximum Gasteiger partial charge on any atom is 0.466 e. The maximum absolute atomic E-state index is 9.75. The van der Waals surface area contributed by atoms with Gasteiger partial charge in [0.25, 0.3) is 0 Å². The van der Waals surface area contributed by atoms with Gasteiger partial charge in [-0.1, -0.05) is 0 Å². The molecule has 19 heteroatoms. The van der Waals surface area contributed by atoms with Crippen molar-refractivity contribution < 1.29 is 57.8 Å². The fourth-order valence-corrected chi connectivity index (χ4v) is 4.62. The van der Waals surface area contributed by atoms with Gasteiger partial charge in [0.15, 0.2) is 5.65 Å². The van der Waals surface area contributed by atoms with E-state index in [1.54, 1.807) is 7.11 Å². The van der Waals surface area contributed by atoms with Gasteiger partial charge in [-0.25, -0.2) is 14.1 Å². The molecule has 5 rings (SSSR count). The number of ether oxygens (including phenoxy) is 3. The summed E-state index contributed by atoms with van der Waals surface area (Å²) in [4.78, 5) is 62.5. The average Bonchev–Trinajstić information content (AvgIpc) is 2.95. The standard InChI is InChI=1S/C25H31N5O4.2H3O4P/c1-16-14-33-10-8-29(16)24-20-5-6-21(18-4-7-22(32-3)19(12-18)13-31)26-23(20)27-25(28-24)30-9-11-34-15-17(30)2;2*1-5(2,3)4/h4-7,12,16-17,31H,8-11,13-15H2,1-3H3;2*(H3,1,2,3,4)/t16-,17-;;/m0../s1. The van der Waals surface area contributed by atoms with Crippen LogP contribution in [0.5, 0.6) is 5.75 Å². The second kappa shape index (κ2) is 15.5. The van der Waals surface area contributed by atoms with E-state index < -0.39 is 15.6 Å². The Balaban J connectivity index is 0.000000461. The van der Waals surface area contributed by atoms with E-state index in [4.69, 9.17) is 67.7 Å². The molecule has 2 fully saturated rings. The zero-order chi connectivity index (χ0) is 32.7. The summed E-state index contributed by atoms with van der Waals surface area (Å²) in [5.41, 5.74) is 3.05. The topological polar surface area (TPSA) is 249 Å². The molecule has 244 valence electrons. The van der Waals surface area contributed by atoms with Gasteiger partial charge in [-0.3, -0.25) is 0 Å². The molecule has 2 aliphatic rings. The smallest absolute Gasteiger partial charge is 0.466 e. The van der Waals surface area contributed by atoms with Crippen LogP contribution in [0.25, 0.3) is 22.3 Å². The van der Waals surface area contributed by atoms with Crippen molar-refractivity contribution in [2.45, 2.75) is 32.5 Å². The Hall–Kier alpha value is -2.79. The monoisotopic (exact) mass is 661 g/mol. The molecule has 1 aromatic carbocycles. The summed E-state index contributed by atoms with van der Waals surface area (Å²) in [6.45, 7) is 8.31. The van der Waals surface area contributed by atoms with Gasteiger partial charge in [0.05, 0.1) is 63.3 Å². The number of fused-ring (bicyclic) bond motifs is 1. The van der Waals surface area contributed by atoms with Crippen molar-refractivity contribution in [1.29, 1.82) is 0 Å². The minimum Gasteiger partial charge on any atom is -0.496 e. The number of hydrogen-bond acceptors (Lipinski definition) is 11. The maximum atomic E-state index is 9.75. The van der Waals surface area contributed by atoms with Crippen LogP contribution in [0.1, 0.15) is 19.4 Å². The van der Waals surface area contributed by atoms with Gasteiger partial charge in [-0.05, 0) is 44.2 Å². The van der Waals surface area contributed by atoms with E-state index in [1.807, 2.05) is 30.3 Å². The van der Waals surface area contributed by atoms with E-state index >= 15 is 0 Å². The molecule has 0 amide bonds. The van der Waals surface area contributed by atoms with E-state index in [0.29, 0.717) is 43.8 Å². The van der Waals surface area contributed by atoms with E-state index in [2.05, 4.69) is 23.6 Å². The number of pyridine rings is 1. The molecule has 17 nitrogen and oxygen atoms in total. The second-order valence-electron chi connectivity index (χ2n) is 9.86. The van der Waals surface area contributed by atoms with Crippen LogP contribution in [0.2, 0.25) is 0 Å². The van der Waals surface area contributed by atoms with Crippen LogP contribution < -0.4 is 14.5 Å². The molecule has 3 aromatic rings. The number of methoxy groups -OCH3 is 1. The van der Waals surface area contributed by atoms with Crippen molar-refractivity contribution in [2.24, 2.45) is 0 Å². The fraction of sp³-hybridized carbons (Fsp3) is 0.480. The number of aliphatic hydroxyl groups excluding tert-OH is 1. The Kier molecular flexibility index (Phi) is 12.5. The zero-order valence-electron chi connectivity index (χ0n) is 24.3. The number of hydrogen-bond donors (Lipinski definition) is 7. The number of aliphatic hydroxyl groups is 1. The highest BCUT2D eigenvalue weighted by atomic mass is 31.2. The summed E-state index contributed by atoms with van der Waals surface area (Å²) in [6, 6.07) is 10.1. The molecular weight excluding hydrogens is 624 g/mol. The highest BCUT2D eigenvalue weighted by Gasteiger charge is 2.27. The first kappa shape index (κ1) is 35.7. The molecule has 0 aliphatic carbocycles. The first-order chi connectivity index (χ1) is 20.6. The number of rotatable bonds is 5. The highest BCUT2D eigenvalue weighted by Crippen LogP contribution is 2.32. The normalized spacial score (nSPS) is 19.0. The van der Waals surface area contributed by atoms with Crippen LogP contribution in [0, 0.1) is 0 Å². The molecular formula is C25H37N5O12P2. The van der Waals surface area contributed by atoms with Gasteiger partial charge in [0.2, 0.25) is 5.95 Å². The molecule has 2 aromatic heterocycles. The Morgan fingerprint density at radius 3 is 1.95 bits per heavy atom. The van der Waals surface area contributed by atoms with Gasteiger partial charge < -0.3 is 58.5 Å². The Morgan fingerprint density at radius 2 is 1.43 bits per heavy atom. The van der Waals surface area contributed by atoms with Crippen molar-refractivity contribution >= 4 is 38.4 Å². The average molecular weight is 662 g/mol. The van der Waals surface area contributed by atoms with E-state index in [9.17, 15) is 5.11 Å². The van der Waals surface area contributed by atoms with Gasteiger partial charge >= 0.3 is 15.6 Å². The van der Waals surface area contributed by atoms with Crippen LogP contribution in [-0.4, -0.2) is 108 Å². The summed E-state index contributed by atoms with van der Waals surface area (Å²) in [5.74, 6) is 2.22. The molecule has 0 saturated carbocycles. The van der Waals surface area contributed by atoms with Crippen LogP contribution >= 0.6 is 15.6 Å². The van der Waals surface area contributed by atoms with Crippen molar-refractivity contribution in [3.05, 3.63) is 35.9 Å². The SMILES string of the molecule is COc1ccc(-c2ccc3c(N4CCOC[C@@H]4C)nc(N4CCOC[C@@H]4C)nc3n2)cc1CO.O=P(O)(O)O.O=P(O)(O)O. The number of morpholine rings is 2. The predicted molar refractivity (Wildman–Crippen MR) is 159 cm³/mol. The molecule has 0 unspecified atom stereocenters. The molecule has 0 bridgehead atoms. The molecule has 2 atom stereocenters. The Labute approximate surface area is 253 Å². The molecule has 0 spiro atoms. The van der Waals surface area contributed by atoms with Crippen molar-refractivity contribution in [1.82, 2.24) is 15.0 Å². The third kappa shape index (κ3) is 10.7. The molecule has 4 heterocycles. The first-order valence-electron chi connectivity index (χ1n) is 13.3. The number of phosphoric acid groups is 2. The Morgan fingerprint density at radius 1 is 0.864 bits per heavy atom. The molecule has 44 heavy (non-hydrogen) atoms. The van der Waals surface area contributed by atoms with Crippen LogP contribution in [-0.2, 0) is 25.2 Å². The van der Waals surface area contributed by atoms with E-state index in [0.717, 1.165) is 41.1 Å². The molecule has 7 N–H and O–H groups in total. The third-order valence-corrected chi connectivity index (χ3v) is 6.54. The fourth-order valence-electron chi connectivity index (χ4n) is 4.62. The quantitative estimate of drug-likeness (QED) is 0.187. The van der Waals surface area contributed by atoms with Crippen molar-refractivity contribution in [3.63, 3.8) is 0 Å². The summed E-state index contributed by atoms with van der Waals surface area (Å²) < 4.78 is 34.4. The van der Waals surface area contributed by atoms with Crippen molar-refractivity contribution in [3.8, 4) is 17.0 Å². The van der Waals surface area contributed by atoms with Gasteiger partial charge in [-0.15, -0.1) is 0 Å². The predicted octanol–water partition coefficient (Wildman–Crippen LogP) is 0.786. The number of benzene rings is 1.